The first kappa shape index (κ1) is 18.0. The van der Waals surface area contributed by atoms with E-state index in [-0.39, 0.29) is 4.90 Å². The molecule has 0 aromatic heterocycles. The number of hydrogen-bond donors (Lipinski definition) is 1. The topological polar surface area (TPSA) is 54.4 Å². The number of rotatable bonds is 9. The first-order chi connectivity index (χ1) is 11.0. The second-order valence-electron chi connectivity index (χ2n) is 6.19. The van der Waals surface area contributed by atoms with Crippen LogP contribution in [0.2, 0.25) is 0 Å². The lowest BCUT2D eigenvalue weighted by Gasteiger charge is -2.06. The molecule has 0 fully saturated rings. The summed E-state index contributed by atoms with van der Waals surface area (Å²) >= 11 is 0. The van der Waals surface area contributed by atoms with Crippen LogP contribution in [0.25, 0.3) is 10.8 Å². The zero-order valence-electron chi connectivity index (χ0n) is 13.8. The van der Waals surface area contributed by atoms with Gasteiger partial charge in [0.25, 0.3) is 10.1 Å². The van der Waals surface area contributed by atoms with Crippen molar-refractivity contribution < 1.29 is 13.0 Å². The molecule has 0 bridgehead atoms. The Morgan fingerprint density at radius 3 is 2.17 bits per heavy atom. The van der Waals surface area contributed by atoms with Crippen molar-refractivity contribution in [2.24, 2.45) is 0 Å². The van der Waals surface area contributed by atoms with Gasteiger partial charge in [-0.25, -0.2) is 0 Å². The number of unbranched alkanes of at least 4 members (excludes halogenated alkanes) is 6. The van der Waals surface area contributed by atoms with Crippen molar-refractivity contribution in [2.75, 3.05) is 0 Å². The third-order valence-electron chi connectivity index (χ3n) is 4.24. The summed E-state index contributed by atoms with van der Waals surface area (Å²) in [7, 11) is -4.14. The molecule has 2 aromatic rings. The molecule has 0 aliphatic carbocycles. The van der Waals surface area contributed by atoms with Crippen LogP contribution in [0, 0.1) is 0 Å². The number of benzene rings is 2. The Morgan fingerprint density at radius 2 is 1.48 bits per heavy atom. The molecule has 0 amide bonds. The lowest BCUT2D eigenvalue weighted by Crippen LogP contribution is -1.97. The van der Waals surface area contributed by atoms with E-state index >= 15 is 0 Å². The van der Waals surface area contributed by atoms with Gasteiger partial charge in [0.15, 0.2) is 0 Å². The van der Waals surface area contributed by atoms with E-state index in [2.05, 4.69) is 13.0 Å². The Hall–Kier alpha value is -1.39. The minimum atomic E-state index is -4.14. The van der Waals surface area contributed by atoms with Gasteiger partial charge in [0.1, 0.15) is 0 Å². The highest BCUT2D eigenvalue weighted by Crippen LogP contribution is 2.21. The second-order valence-corrected chi connectivity index (χ2v) is 7.61. The standard InChI is InChI=1S/C19H26O3S/c1-2-3-4-5-6-7-8-9-16-10-11-17-12-13-19(23(20,21)22)15-18(17)14-16/h10-15H,2-9H2,1H3,(H,20,21,22). The van der Waals surface area contributed by atoms with Crippen LogP contribution in [0.5, 0.6) is 0 Å². The van der Waals surface area contributed by atoms with E-state index in [4.69, 9.17) is 4.55 Å². The molecule has 0 aliphatic heterocycles. The average Bonchev–Trinajstić information content (AvgIpc) is 2.52. The van der Waals surface area contributed by atoms with Crippen LogP contribution in [-0.2, 0) is 16.5 Å². The highest BCUT2D eigenvalue weighted by atomic mass is 32.2. The Kier molecular flexibility index (Phi) is 6.60. The van der Waals surface area contributed by atoms with Crippen molar-refractivity contribution in [3.63, 3.8) is 0 Å². The number of aryl methyl sites for hydroxylation is 1. The van der Waals surface area contributed by atoms with Gasteiger partial charge in [-0.15, -0.1) is 0 Å². The molecule has 126 valence electrons. The summed E-state index contributed by atoms with van der Waals surface area (Å²) in [6.07, 6.45) is 9.99. The van der Waals surface area contributed by atoms with E-state index in [1.54, 1.807) is 12.1 Å². The van der Waals surface area contributed by atoms with Crippen molar-refractivity contribution in [1.29, 1.82) is 0 Å². The van der Waals surface area contributed by atoms with Crippen molar-refractivity contribution >= 4 is 20.9 Å². The molecule has 0 aliphatic rings. The summed E-state index contributed by atoms with van der Waals surface area (Å²) < 4.78 is 31.6. The maximum absolute atomic E-state index is 11.2. The van der Waals surface area contributed by atoms with E-state index in [0.29, 0.717) is 0 Å². The molecule has 0 unspecified atom stereocenters. The van der Waals surface area contributed by atoms with Gasteiger partial charge >= 0.3 is 0 Å². The molecule has 2 aromatic carbocycles. The first-order valence-corrected chi connectivity index (χ1v) is 9.95. The molecule has 0 spiro atoms. The highest BCUT2D eigenvalue weighted by molar-refractivity contribution is 7.85. The largest absolute Gasteiger partial charge is 0.294 e. The van der Waals surface area contributed by atoms with Gasteiger partial charge in [-0.1, -0.05) is 69.7 Å². The van der Waals surface area contributed by atoms with Crippen LogP contribution in [-0.4, -0.2) is 13.0 Å². The van der Waals surface area contributed by atoms with E-state index in [0.717, 1.165) is 23.6 Å². The quantitative estimate of drug-likeness (QED) is 0.495. The molecule has 2 rings (SSSR count). The monoisotopic (exact) mass is 334 g/mol. The smallest absolute Gasteiger partial charge is 0.282 e. The van der Waals surface area contributed by atoms with Crippen LogP contribution < -0.4 is 0 Å². The summed E-state index contributed by atoms with van der Waals surface area (Å²) in [5.74, 6) is 0. The van der Waals surface area contributed by atoms with Crippen LogP contribution in [0.15, 0.2) is 41.3 Å². The Bertz CT molecular complexity index is 735. The second kappa shape index (κ2) is 8.46. The zero-order chi connectivity index (χ0) is 16.7. The third-order valence-corrected chi connectivity index (χ3v) is 5.09. The Morgan fingerprint density at radius 1 is 0.826 bits per heavy atom. The molecule has 0 saturated carbocycles. The van der Waals surface area contributed by atoms with E-state index in [1.807, 2.05) is 12.1 Å². The summed E-state index contributed by atoms with van der Waals surface area (Å²) in [6.45, 7) is 2.23. The Balaban J connectivity index is 1.94. The molecule has 1 N–H and O–H groups in total. The van der Waals surface area contributed by atoms with Gasteiger partial charge in [-0.2, -0.15) is 8.42 Å². The van der Waals surface area contributed by atoms with Crippen molar-refractivity contribution in [2.45, 2.75) is 63.2 Å². The molecular weight excluding hydrogens is 308 g/mol. The van der Waals surface area contributed by atoms with Crippen LogP contribution in [0.1, 0.15) is 57.4 Å². The van der Waals surface area contributed by atoms with Gasteiger partial charge < -0.3 is 0 Å². The Labute approximate surface area is 139 Å². The lowest BCUT2D eigenvalue weighted by molar-refractivity contribution is 0.483. The molecule has 0 atom stereocenters. The predicted molar refractivity (Wildman–Crippen MR) is 95.5 cm³/mol. The zero-order valence-corrected chi connectivity index (χ0v) is 14.6. The summed E-state index contributed by atoms with van der Waals surface area (Å²) in [5, 5.41) is 1.85. The molecule has 0 saturated heterocycles. The van der Waals surface area contributed by atoms with Crippen molar-refractivity contribution in [3.05, 3.63) is 42.0 Å². The van der Waals surface area contributed by atoms with E-state index in [1.165, 1.54) is 50.2 Å². The van der Waals surface area contributed by atoms with Crippen molar-refractivity contribution in [1.82, 2.24) is 0 Å². The summed E-state index contributed by atoms with van der Waals surface area (Å²) in [6, 6.07) is 10.9. The molecule has 23 heavy (non-hydrogen) atoms. The summed E-state index contributed by atoms with van der Waals surface area (Å²) in [5.41, 5.74) is 1.22. The van der Waals surface area contributed by atoms with Gasteiger partial charge in [0, 0.05) is 0 Å². The van der Waals surface area contributed by atoms with Gasteiger partial charge in [-0.05, 0) is 41.3 Å². The highest BCUT2D eigenvalue weighted by Gasteiger charge is 2.09. The number of hydrogen-bond acceptors (Lipinski definition) is 2. The van der Waals surface area contributed by atoms with Crippen LogP contribution in [0.4, 0.5) is 0 Å². The summed E-state index contributed by atoms with van der Waals surface area (Å²) in [4.78, 5) is -0.0434. The van der Waals surface area contributed by atoms with Crippen LogP contribution in [0.3, 0.4) is 0 Å². The predicted octanol–water partition coefficient (Wildman–Crippen LogP) is 5.38. The fraction of sp³-hybridized carbons (Fsp3) is 0.474. The maximum Gasteiger partial charge on any atom is 0.294 e. The van der Waals surface area contributed by atoms with Gasteiger partial charge in [-0.3, -0.25) is 4.55 Å². The van der Waals surface area contributed by atoms with Crippen LogP contribution >= 0.6 is 0 Å². The number of fused-ring (bicyclic) bond motifs is 1. The first-order valence-electron chi connectivity index (χ1n) is 8.51. The molecular formula is C19H26O3S. The fourth-order valence-electron chi connectivity index (χ4n) is 2.88. The SMILES string of the molecule is CCCCCCCCCc1ccc2ccc(S(=O)(=O)O)cc2c1. The minimum absolute atomic E-state index is 0.0434. The fourth-order valence-corrected chi connectivity index (χ4v) is 3.39. The maximum atomic E-state index is 11.2. The van der Waals surface area contributed by atoms with Crippen molar-refractivity contribution in [3.8, 4) is 0 Å². The molecule has 4 heteroatoms. The minimum Gasteiger partial charge on any atom is -0.282 e. The van der Waals surface area contributed by atoms with E-state index < -0.39 is 10.1 Å². The average molecular weight is 334 g/mol. The third kappa shape index (κ3) is 5.63. The van der Waals surface area contributed by atoms with E-state index in [9.17, 15) is 8.42 Å². The molecule has 3 nitrogen and oxygen atoms in total. The normalized spacial score (nSPS) is 11.9. The van der Waals surface area contributed by atoms with Gasteiger partial charge in [0.2, 0.25) is 0 Å². The molecule has 0 radical (unpaired) electrons. The molecule has 0 heterocycles. The van der Waals surface area contributed by atoms with Gasteiger partial charge in [0.05, 0.1) is 4.90 Å². The lowest BCUT2D eigenvalue weighted by atomic mass is 10.0.